The molecule has 1 fully saturated rings. The topological polar surface area (TPSA) is 98.3 Å². The molecule has 138 valence electrons. The lowest BCUT2D eigenvalue weighted by molar-refractivity contribution is -0.132. The van der Waals surface area contributed by atoms with Crippen molar-refractivity contribution in [2.45, 2.75) is 31.5 Å². The van der Waals surface area contributed by atoms with Gasteiger partial charge in [0.15, 0.2) is 5.16 Å². The molecule has 1 aliphatic heterocycles. The predicted molar refractivity (Wildman–Crippen MR) is 101 cm³/mol. The number of benzene rings is 1. The van der Waals surface area contributed by atoms with Gasteiger partial charge in [-0.05, 0) is 31.9 Å². The molecule has 0 bridgehead atoms. The van der Waals surface area contributed by atoms with Crippen LogP contribution in [0.3, 0.4) is 0 Å². The van der Waals surface area contributed by atoms with Gasteiger partial charge < -0.3 is 10.6 Å². The number of amides is 2. The molecule has 1 aromatic carbocycles. The molecule has 1 aromatic heterocycles. The molecular formula is C18H22N4O3S. The molecule has 1 saturated heterocycles. The number of carbonyl (C=O) groups is 2. The van der Waals surface area contributed by atoms with E-state index >= 15 is 0 Å². The molecule has 2 heterocycles. The van der Waals surface area contributed by atoms with Gasteiger partial charge in [-0.15, -0.1) is 0 Å². The first-order valence-electron chi connectivity index (χ1n) is 8.70. The number of nitrogens with zero attached hydrogens (tertiary/aromatic N) is 3. The van der Waals surface area contributed by atoms with Crippen molar-refractivity contribution in [1.29, 1.82) is 0 Å². The first-order chi connectivity index (χ1) is 12.5. The van der Waals surface area contributed by atoms with E-state index in [2.05, 4.69) is 4.98 Å². The highest BCUT2D eigenvalue weighted by atomic mass is 32.2. The summed E-state index contributed by atoms with van der Waals surface area (Å²) in [5, 5.41) is 1.11. The lowest BCUT2D eigenvalue weighted by Gasteiger charge is -2.31. The number of para-hydroxylation sites is 1. The van der Waals surface area contributed by atoms with Crippen molar-refractivity contribution < 1.29 is 9.59 Å². The van der Waals surface area contributed by atoms with Crippen molar-refractivity contribution >= 4 is 34.5 Å². The monoisotopic (exact) mass is 374 g/mol. The zero-order chi connectivity index (χ0) is 18.7. The minimum atomic E-state index is -0.355. The summed E-state index contributed by atoms with van der Waals surface area (Å²) >= 11 is 1.26. The number of rotatable bonds is 5. The third kappa shape index (κ3) is 3.75. The van der Waals surface area contributed by atoms with Gasteiger partial charge in [0.05, 0.1) is 22.6 Å². The highest BCUT2D eigenvalue weighted by Gasteiger charge is 2.27. The molecule has 2 aromatic rings. The van der Waals surface area contributed by atoms with Crippen LogP contribution in [0.1, 0.15) is 19.8 Å². The average Bonchev–Trinajstić information content (AvgIpc) is 2.66. The number of likely N-dealkylation sites (tertiary alicyclic amines) is 1. The quantitative estimate of drug-likeness (QED) is 0.627. The second-order valence-electron chi connectivity index (χ2n) is 6.33. The predicted octanol–water partition coefficient (Wildman–Crippen LogP) is 1.23. The zero-order valence-corrected chi connectivity index (χ0v) is 15.5. The number of hydrogen-bond donors (Lipinski definition) is 1. The fourth-order valence-electron chi connectivity index (χ4n) is 3.19. The number of nitrogens with two attached hydrogens (primary N) is 1. The van der Waals surface area contributed by atoms with Crippen LogP contribution in [0.5, 0.6) is 0 Å². The van der Waals surface area contributed by atoms with E-state index in [1.165, 1.54) is 11.8 Å². The fraction of sp³-hybridized carbons (Fsp3) is 0.444. The highest BCUT2D eigenvalue weighted by molar-refractivity contribution is 7.99. The maximum absolute atomic E-state index is 12.6. The van der Waals surface area contributed by atoms with E-state index in [4.69, 9.17) is 5.73 Å². The second kappa shape index (κ2) is 7.90. The Morgan fingerprint density at radius 3 is 2.85 bits per heavy atom. The zero-order valence-electron chi connectivity index (χ0n) is 14.7. The second-order valence-corrected chi connectivity index (χ2v) is 7.27. The molecule has 0 radical (unpaired) electrons. The largest absolute Gasteiger partial charge is 0.369 e. The first kappa shape index (κ1) is 18.4. The number of piperidine rings is 1. The molecule has 0 saturated carbocycles. The SMILES string of the molecule is CCn1c(SCC(=O)N2CCCC(C(N)=O)C2)nc2ccccc2c1=O. The smallest absolute Gasteiger partial charge is 0.262 e. The van der Waals surface area contributed by atoms with Gasteiger partial charge in [-0.2, -0.15) is 0 Å². The van der Waals surface area contributed by atoms with Crippen LogP contribution >= 0.6 is 11.8 Å². The number of carbonyl (C=O) groups excluding carboxylic acids is 2. The number of aromatic nitrogens is 2. The minimum Gasteiger partial charge on any atom is -0.369 e. The van der Waals surface area contributed by atoms with Crippen molar-refractivity contribution in [2.24, 2.45) is 11.7 Å². The maximum atomic E-state index is 12.6. The van der Waals surface area contributed by atoms with Gasteiger partial charge in [0, 0.05) is 19.6 Å². The lowest BCUT2D eigenvalue weighted by atomic mass is 9.97. The van der Waals surface area contributed by atoms with E-state index in [0.717, 1.165) is 12.8 Å². The Kier molecular flexibility index (Phi) is 5.61. The molecule has 0 aliphatic carbocycles. The molecule has 2 N–H and O–H groups in total. The molecule has 3 rings (SSSR count). The van der Waals surface area contributed by atoms with Gasteiger partial charge in [0.2, 0.25) is 11.8 Å². The summed E-state index contributed by atoms with van der Waals surface area (Å²) in [6, 6.07) is 7.20. The Balaban J connectivity index is 1.76. The molecule has 1 atom stereocenters. The van der Waals surface area contributed by atoms with E-state index in [0.29, 0.717) is 35.7 Å². The van der Waals surface area contributed by atoms with Crippen molar-refractivity contribution in [3.8, 4) is 0 Å². The van der Waals surface area contributed by atoms with Crippen LogP contribution in [0.2, 0.25) is 0 Å². The van der Waals surface area contributed by atoms with E-state index < -0.39 is 0 Å². The number of primary amides is 1. The molecule has 0 spiro atoms. The van der Waals surface area contributed by atoms with Crippen LogP contribution in [0, 0.1) is 5.92 Å². The summed E-state index contributed by atoms with van der Waals surface area (Å²) in [5.74, 6) is -0.515. The molecular weight excluding hydrogens is 352 g/mol. The minimum absolute atomic E-state index is 0.0639. The van der Waals surface area contributed by atoms with Crippen LogP contribution in [-0.2, 0) is 16.1 Å². The lowest BCUT2D eigenvalue weighted by Crippen LogP contribution is -2.44. The molecule has 7 nitrogen and oxygen atoms in total. The van der Waals surface area contributed by atoms with Gasteiger partial charge in [0.25, 0.3) is 5.56 Å². The third-order valence-corrected chi connectivity index (χ3v) is 5.61. The summed E-state index contributed by atoms with van der Waals surface area (Å²) in [6.07, 6.45) is 1.51. The van der Waals surface area contributed by atoms with E-state index in [1.807, 2.05) is 19.1 Å². The van der Waals surface area contributed by atoms with E-state index in [1.54, 1.807) is 21.6 Å². The maximum Gasteiger partial charge on any atom is 0.262 e. The van der Waals surface area contributed by atoms with Gasteiger partial charge >= 0.3 is 0 Å². The van der Waals surface area contributed by atoms with Gasteiger partial charge in [-0.3, -0.25) is 19.0 Å². The molecule has 26 heavy (non-hydrogen) atoms. The van der Waals surface area contributed by atoms with E-state index in [9.17, 15) is 14.4 Å². The molecule has 1 unspecified atom stereocenters. The summed E-state index contributed by atoms with van der Waals surface area (Å²) in [5.41, 5.74) is 5.90. The number of thioether (sulfide) groups is 1. The summed E-state index contributed by atoms with van der Waals surface area (Å²) in [7, 11) is 0. The van der Waals surface area contributed by atoms with Crippen molar-refractivity contribution in [3.05, 3.63) is 34.6 Å². The van der Waals surface area contributed by atoms with Gasteiger partial charge in [-0.1, -0.05) is 23.9 Å². The standard InChI is InChI=1S/C18H22N4O3S/c1-2-22-17(25)13-7-3-4-8-14(13)20-18(22)26-11-15(23)21-9-5-6-12(10-21)16(19)24/h3-4,7-8,12H,2,5-6,9-11H2,1H3,(H2,19,24). The Morgan fingerprint density at radius 1 is 1.35 bits per heavy atom. The normalized spacial score (nSPS) is 17.4. The van der Waals surface area contributed by atoms with Gasteiger partial charge in [0.1, 0.15) is 0 Å². The van der Waals surface area contributed by atoms with Gasteiger partial charge in [-0.25, -0.2) is 4.98 Å². The molecule has 1 aliphatic rings. The Bertz CT molecular complexity index is 896. The highest BCUT2D eigenvalue weighted by Crippen LogP contribution is 2.21. The Morgan fingerprint density at radius 2 is 2.12 bits per heavy atom. The molecule has 2 amide bonds. The molecule has 8 heteroatoms. The number of fused-ring (bicyclic) bond motifs is 1. The Labute approximate surface area is 155 Å². The van der Waals surface area contributed by atoms with Crippen LogP contribution in [0.4, 0.5) is 0 Å². The van der Waals surface area contributed by atoms with Crippen LogP contribution in [0.25, 0.3) is 10.9 Å². The third-order valence-electron chi connectivity index (χ3n) is 4.64. The van der Waals surface area contributed by atoms with Crippen molar-refractivity contribution in [2.75, 3.05) is 18.8 Å². The fourth-order valence-corrected chi connectivity index (χ4v) is 4.16. The van der Waals surface area contributed by atoms with Crippen LogP contribution in [-0.4, -0.2) is 45.1 Å². The Hall–Kier alpha value is -2.35. The summed E-state index contributed by atoms with van der Waals surface area (Å²) in [6.45, 7) is 3.38. The van der Waals surface area contributed by atoms with Crippen LogP contribution in [0.15, 0.2) is 34.2 Å². The number of hydrogen-bond acceptors (Lipinski definition) is 5. The van der Waals surface area contributed by atoms with Crippen molar-refractivity contribution in [3.63, 3.8) is 0 Å². The van der Waals surface area contributed by atoms with Crippen molar-refractivity contribution in [1.82, 2.24) is 14.5 Å². The van der Waals surface area contributed by atoms with Crippen LogP contribution < -0.4 is 11.3 Å². The van der Waals surface area contributed by atoms with E-state index in [-0.39, 0.29) is 29.0 Å². The first-order valence-corrected chi connectivity index (χ1v) is 9.69. The summed E-state index contributed by atoms with van der Waals surface area (Å²) < 4.78 is 1.59. The summed E-state index contributed by atoms with van der Waals surface area (Å²) in [4.78, 5) is 42.7. The average molecular weight is 374 g/mol.